The second-order valence-electron chi connectivity index (χ2n) is 12.3. The molecule has 2 aromatic heterocycles. The van der Waals surface area contributed by atoms with Crippen LogP contribution in [0.5, 0.6) is 0 Å². The predicted molar refractivity (Wildman–Crippen MR) is 165 cm³/mol. The quantitative estimate of drug-likeness (QED) is 0.238. The number of ketones is 1. The van der Waals surface area contributed by atoms with Crippen molar-refractivity contribution in [1.29, 1.82) is 0 Å². The monoisotopic (exact) mass is 635 g/mol. The molecule has 0 spiro atoms. The molecule has 13 heteroatoms. The van der Waals surface area contributed by atoms with Crippen molar-refractivity contribution in [1.82, 2.24) is 20.5 Å². The van der Waals surface area contributed by atoms with Gasteiger partial charge in [0.25, 0.3) is 17.4 Å². The number of thiophene rings is 1. The van der Waals surface area contributed by atoms with Crippen molar-refractivity contribution >= 4 is 56.5 Å². The number of carbonyl (C=O) groups excluding carboxylic acids is 5. The van der Waals surface area contributed by atoms with E-state index in [9.17, 15) is 33.2 Å². The van der Waals surface area contributed by atoms with Crippen LogP contribution in [0.4, 0.5) is 10.1 Å². The highest BCUT2D eigenvalue weighted by Crippen LogP contribution is 2.58. The van der Waals surface area contributed by atoms with Gasteiger partial charge in [0.1, 0.15) is 24.1 Å². The first kappa shape index (κ1) is 30.6. The zero-order valence-electron chi connectivity index (χ0n) is 24.6. The number of rotatable bonds is 11. The molecule has 0 aliphatic heterocycles. The van der Waals surface area contributed by atoms with Gasteiger partial charge >= 0.3 is 0 Å². The number of aromatic nitrogens is 1. The highest BCUT2D eigenvalue weighted by molar-refractivity contribution is 7.20. The number of hydrogen-bond donors (Lipinski definition) is 4. The van der Waals surface area contributed by atoms with Crippen molar-refractivity contribution in [2.45, 2.75) is 57.2 Å². The fourth-order valence-corrected chi connectivity index (χ4v) is 8.46. The van der Waals surface area contributed by atoms with Crippen LogP contribution in [0, 0.1) is 29.5 Å². The molecule has 45 heavy (non-hydrogen) atoms. The molecular formula is C32H34FN5O6S. The molecule has 4 N–H and O–H groups in total. The van der Waals surface area contributed by atoms with E-state index in [0.717, 1.165) is 36.5 Å². The Bertz CT molecular complexity index is 1750. The molecule has 6 atom stereocenters. The van der Waals surface area contributed by atoms with Gasteiger partial charge in [-0.15, -0.1) is 11.3 Å². The van der Waals surface area contributed by atoms with Crippen LogP contribution in [0.15, 0.2) is 47.4 Å². The summed E-state index contributed by atoms with van der Waals surface area (Å²) in [5.41, 5.74) is -0.726. The van der Waals surface area contributed by atoms with Gasteiger partial charge in [-0.3, -0.25) is 28.8 Å². The summed E-state index contributed by atoms with van der Waals surface area (Å²) >= 11 is 0.910. The van der Waals surface area contributed by atoms with E-state index in [1.165, 1.54) is 54.6 Å². The number of anilines is 1. The molecule has 0 radical (unpaired) electrons. The minimum Gasteiger partial charge on any atom is -0.353 e. The maximum Gasteiger partial charge on any atom is 0.287 e. The molecule has 0 saturated heterocycles. The lowest BCUT2D eigenvalue weighted by Crippen LogP contribution is -2.46. The molecule has 4 amide bonds. The Hall–Kier alpha value is -4.39. The number of nitrogens with one attached hydrogen (secondary N) is 4. The number of amides is 4. The fraction of sp³-hybridized carbons (Fsp3) is 0.438. The van der Waals surface area contributed by atoms with Crippen LogP contribution in [0.25, 0.3) is 10.1 Å². The number of Topliss-reactive ketones (excluding diaryl/α,β-unsaturated/α-hetero) is 1. The Morgan fingerprint density at radius 2 is 1.84 bits per heavy atom. The van der Waals surface area contributed by atoms with Crippen LogP contribution in [-0.4, -0.2) is 53.1 Å². The average molecular weight is 636 g/mol. The lowest BCUT2D eigenvalue weighted by Gasteiger charge is -2.32. The van der Waals surface area contributed by atoms with Gasteiger partial charge < -0.3 is 25.8 Å². The van der Waals surface area contributed by atoms with Crippen LogP contribution in [0.3, 0.4) is 0 Å². The topological polar surface area (TPSA) is 155 Å². The van der Waals surface area contributed by atoms with Gasteiger partial charge in [-0.05, 0) is 85.4 Å². The summed E-state index contributed by atoms with van der Waals surface area (Å²) in [6.07, 6.45) is 5.57. The van der Waals surface area contributed by atoms with Crippen LogP contribution in [-0.2, 0) is 25.7 Å². The summed E-state index contributed by atoms with van der Waals surface area (Å²) in [6, 6.07) is 7.67. The number of halogens is 1. The third-order valence-electron chi connectivity index (χ3n) is 9.46. The van der Waals surface area contributed by atoms with E-state index in [1.54, 1.807) is 6.07 Å². The molecule has 1 aromatic carbocycles. The Kier molecular flexibility index (Phi) is 8.54. The van der Waals surface area contributed by atoms with Crippen molar-refractivity contribution < 1.29 is 28.4 Å². The standard InChI is InChI=1S/C32H34FN5O6S/c1-34-30(42)24(39)8-7-22(35-31(43)25-14-17-4-2-5-21(33)28(17)45-25)29(41)36-23-6-3-9-38(32(23)44)15-26(40)37-27-19-11-16-10-18(13-19)20(27)12-16/h2-6,9,14,16,18-20,22,27H,7-8,10-13,15H2,1H3,(H,34,42)(H,35,43)(H,36,41)(H,37,40)/t16?,18?,19?,20?,22-,27?/m0/s1. The molecule has 236 valence electrons. The van der Waals surface area contributed by atoms with Crippen molar-refractivity contribution in [2.24, 2.45) is 23.7 Å². The number of hydrogen-bond acceptors (Lipinski definition) is 7. The van der Waals surface area contributed by atoms with Gasteiger partial charge in [0.2, 0.25) is 17.6 Å². The van der Waals surface area contributed by atoms with E-state index in [0.29, 0.717) is 23.1 Å². The minimum absolute atomic E-state index is 0.116. The van der Waals surface area contributed by atoms with E-state index in [1.807, 2.05) is 0 Å². The average Bonchev–Trinajstić information content (AvgIpc) is 3.66. The predicted octanol–water partition coefficient (Wildman–Crippen LogP) is 2.59. The zero-order valence-corrected chi connectivity index (χ0v) is 25.5. The SMILES string of the molecule is CNC(=O)C(=O)CC[C@H](NC(=O)c1cc2cccc(F)c2s1)C(=O)Nc1cccn(CC(=O)NC2C3CC4CC(C3)C2C4)c1=O. The van der Waals surface area contributed by atoms with Gasteiger partial charge in [-0.25, -0.2) is 4.39 Å². The first-order chi connectivity index (χ1) is 21.6. The molecule has 2 heterocycles. The van der Waals surface area contributed by atoms with E-state index >= 15 is 0 Å². The molecule has 3 aromatic rings. The van der Waals surface area contributed by atoms with Crippen molar-refractivity contribution in [2.75, 3.05) is 12.4 Å². The number of nitrogens with zero attached hydrogens (tertiary/aromatic N) is 1. The summed E-state index contributed by atoms with van der Waals surface area (Å²) in [6.45, 7) is -0.212. The molecule has 11 nitrogen and oxygen atoms in total. The molecule has 4 aliphatic rings. The summed E-state index contributed by atoms with van der Waals surface area (Å²) in [4.78, 5) is 76.9. The molecule has 4 saturated carbocycles. The highest BCUT2D eigenvalue weighted by Gasteiger charge is 2.54. The smallest absolute Gasteiger partial charge is 0.287 e. The highest BCUT2D eigenvalue weighted by atomic mass is 32.1. The Morgan fingerprint density at radius 3 is 2.60 bits per heavy atom. The largest absolute Gasteiger partial charge is 0.353 e. The maximum atomic E-state index is 14.2. The molecule has 5 unspecified atom stereocenters. The summed E-state index contributed by atoms with van der Waals surface area (Å²) < 4.78 is 15.7. The van der Waals surface area contributed by atoms with Crippen molar-refractivity contribution in [3.63, 3.8) is 0 Å². The van der Waals surface area contributed by atoms with Gasteiger partial charge in [-0.2, -0.15) is 0 Å². The van der Waals surface area contributed by atoms with Crippen LogP contribution >= 0.6 is 11.3 Å². The van der Waals surface area contributed by atoms with Gasteiger partial charge in [0.05, 0.1) is 9.58 Å². The molecule has 4 bridgehead atoms. The fourth-order valence-electron chi connectivity index (χ4n) is 7.49. The number of benzene rings is 1. The molecule has 4 fully saturated rings. The van der Waals surface area contributed by atoms with E-state index in [4.69, 9.17) is 0 Å². The summed E-state index contributed by atoms with van der Waals surface area (Å²) in [5.74, 6) is -1.40. The van der Waals surface area contributed by atoms with Crippen LogP contribution in [0.1, 0.15) is 48.2 Å². The Balaban J connectivity index is 1.14. The second-order valence-corrected chi connectivity index (χ2v) is 13.3. The minimum atomic E-state index is -1.31. The lowest BCUT2D eigenvalue weighted by atomic mass is 9.79. The van der Waals surface area contributed by atoms with Crippen LogP contribution < -0.4 is 26.8 Å². The van der Waals surface area contributed by atoms with E-state index < -0.39 is 40.9 Å². The molecule has 7 rings (SSSR count). The summed E-state index contributed by atoms with van der Waals surface area (Å²) in [5, 5.41) is 11.0. The first-order valence-electron chi connectivity index (χ1n) is 15.1. The number of pyridine rings is 1. The number of carbonyl (C=O) groups is 5. The normalized spacial score (nSPS) is 23.5. The Labute approximate surface area is 261 Å². The summed E-state index contributed by atoms with van der Waals surface area (Å²) in [7, 11) is 1.30. The van der Waals surface area contributed by atoms with E-state index in [-0.39, 0.29) is 46.6 Å². The Morgan fingerprint density at radius 1 is 1.04 bits per heavy atom. The third-order valence-corrected chi connectivity index (χ3v) is 10.6. The first-order valence-corrected chi connectivity index (χ1v) is 16.0. The molecular weight excluding hydrogens is 601 g/mol. The second kappa shape index (κ2) is 12.5. The van der Waals surface area contributed by atoms with Crippen LogP contribution in [0.2, 0.25) is 0 Å². The zero-order chi connectivity index (χ0) is 31.8. The third kappa shape index (κ3) is 6.26. The maximum absolute atomic E-state index is 14.2. The lowest BCUT2D eigenvalue weighted by molar-refractivity contribution is -0.137. The number of likely N-dealkylation sites (N-methyl/N-ethyl adjacent to an activating group) is 1. The molecule has 4 aliphatic carbocycles. The van der Waals surface area contributed by atoms with Crippen molar-refractivity contribution in [3.05, 3.63) is 63.6 Å². The van der Waals surface area contributed by atoms with Gasteiger partial charge in [0, 0.05) is 25.7 Å². The van der Waals surface area contributed by atoms with E-state index in [2.05, 4.69) is 21.3 Å². The van der Waals surface area contributed by atoms with Gasteiger partial charge in [-0.1, -0.05) is 12.1 Å². The number of fused-ring (bicyclic) bond motifs is 1. The van der Waals surface area contributed by atoms with Crippen molar-refractivity contribution in [3.8, 4) is 0 Å². The van der Waals surface area contributed by atoms with Gasteiger partial charge in [0.15, 0.2) is 0 Å².